The summed E-state index contributed by atoms with van der Waals surface area (Å²) in [5.74, 6) is 0.847. The number of aliphatic imine (C=N–C) groups is 2. The molecule has 0 bridgehead atoms. The molecule has 1 aliphatic rings. The second-order valence-electron chi connectivity index (χ2n) is 10.3. The van der Waals surface area contributed by atoms with Gasteiger partial charge in [0.05, 0.1) is 16.3 Å². The van der Waals surface area contributed by atoms with E-state index >= 15 is 0 Å². The minimum absolute atomic E-state index is 0.0282. The van der Waals surface area contributed by atoms with Gasteiger partial charge in [0.25, 0.3) is 0 Å². The lowest BCUT2D eigenvalue weighted by atomic mass is 9.92. The zero-order valence-corrected chi connectivity index (χ0v) is 24.8. The van der Waals surface area contributed by atoms with Crippen LogP contribution in [0.2, 0.25) is 5.02 Å². The Hall–Kier alpha value is -3.36. The number of aromatic nitrogens is 1. The molecule has 0 aliphatic carbocycles. The molecular formula is C31H40ClFN6O. The third-order valence-electron chi connectivity index (χ3n) is 6.87. The zero-order chi connectivity index (χ0) is 29.2. The lowest BCUT2D eigenvalue weighted by molar-refractivity contribution is -0.108. The van der Waals surface area contributed by atoms with Crippen molar-refractivity contribution in [1.82, 2.24) is 15.2 Å². The molecule has 214 valence electrons. The molecule has 3 unspecified atom stereocenters. The second kappa shape index (κ2) is 14.9. The van der Waals surface area contributed by atoms with Crippen LogP contribution in [0.3, 0.4) is 0 Å². The van der Waals surface area contributed by atoms with Crippen LogP contribution >= 0.6 is 11.6 Å². The van der Waals surface area contributed by atoms with Crippen molar-refractivity contribution < 1.29 is 9.18 Å². The lowest BCUT2D eigenvalue weighted by Crippen LogP contribution is -2.46. The second-order valence-corrected chi connectivity index (χ2v) is 10.7. The van der Waals surface area contributed by atoms with Crippen molar-refractivity contribution in [3.05, 3.63) is 71.5 Å². The first-order valence-electron chi connectivity index (χ1n) is 13.7. The number of hydrogen-bond donors (Lipinski definition) is 1. The quantitative estimate of drug-likeness (QED) is 0.140. The fourth-order valence-electron chi connectivity index (χ4n) is 5.06. The summed E-state index contributed by atoms with van der Waals surface area (Å²) in [5, 5.41) is 3.48. The maximum absolute atomic E-state index is 15.0. The van der Waals surface area contributed by atoms with Gasteiger partial charge in [0, 0.05) is 43.9 Å². The molecule has 7 nitrogen and oxygen atoms in total. The highest BCUT2D eigenvalue weighted by Gasteiger charge is 2.33. The van der Waals surface area contributed by atoms with E-state index < -0.39 is 12.0 Å². The summed E-state index contributed by atoms with van der Waals surface area (Å²) >= 11 is 6.81. The molecule has 1 aromatic carbocycles. The van der Waals surface area contributed by atoms with Crippen LogP contribution in [-0.2, 0) is 4.79 Å². The lowest BCUT2D eigenvalue weighted by Gasteiger charge is -2.36. The molecule has 0 saturated carbocycles. The molecule has 1 N–H and O–H groups in total. The number of allylic oxidation sites excluding steroid dienone is 1. The minimum Gasteiger partial charge on any atom is -0.352 e. The van der Waals surface area contributed by atoms with Gasteiger partial charge in [-0.05, 0) is 57.0 Å². The van der Waals surface area contributed by atoms with Crippen molar-refractivity contribution in [1.29, 1.82) is 0 Å². The summed E-state index contributed by atoms with van der Waals surface area (Å²) in [6.07, 6.45) is 9.30. The summed E-state index contributed by atoms with van der Waals surface area (Å²) in [7, 11) is 3.61. The monoisotopic (exact) mass is 566 g/mol. The summed E-state index contributed by atoms with van der Waals surface area (Å²) < 4.78 is 15.0. The number of pyridine rings is 1. The highest BCUT2D eigenvalue weighted by Crippen LogP contribution is 2.36. The van der Waals surface area contributed by atoms with Gasteiger partial charge in [-0.2, -0.15) is 0 Å². The van der Waals surface area contributed by atoms with Crippen LogP contribution in [0.1, 0.15) is 39.2 Å². The van der Waals surface area contributed by atoms with Crippen LogP contribution in [0.15, 0.2) is 65.1 Å². The number of amides is 1. The van der Waals surface area contributed by atoms with Crippen LogP contribution in [0, 0.1) is 17.7 Å². The summed E-state index contributed by atoms with van der Waals surface area (Å²) in [6.45, 7) is 11.6. The molecule has 0 spiro atoms. The van der Waals surface area contributed by atoms with Gasteiger partial charge >= 0.3 is 0 Å². The predicted octanol–water partition coefficient (Wildman–Crippen LogP) is 6.00. The van der Waals surface area contributed by atoms with E-state index in [0.29, 0.717) is 36.2 Å². The summed E-state index contributed by atoms with van der Waals surface area (Å²) in [6, 6.07) is 8.12. The molecule has 9 heteroatoms. The van der Waals surface area contributed by atoms with Crippen LogP contribution < -0.4 is 10.2 Å². The Balaban J connectivity index is 2.28. The standard InChI is InChI=1S/C31H40ClFN6O/c1-7-8-16-38(22(4)19-34-5)30(35-6)25-18-26(32)28(24-13-9-10-14-27(24)33)37-31(25)39(20-40)29-23(17-21(2)3)12-11-15-36-29/h7,9-15,18,20-23,29,34H,1,8,16-17,19H2,2-6H3. The van der Waals surface area contributed by atoms with E-state index in [1.54, 1.807) is 37.5 Å². The molecule has 1 amide bonds. The largest absolute Gasteiger partial charge is 0.352 e. The molecule has 2 aromatic rings. The van der Waals surface area contributed by atoms with E-state index in [1.807, 2.05) is 19.2 Å². The number of carbonyl (C=O) groups is 1. The number of anilines is 1. The third-order valence-corrected chi connectivity index (χ3v) is 7.16. The third kappa shape index (κ3) is 7.23. The molecule has 2 heterocycles. The minimum atomic E-state index is -0.528. The fourth-order valence-corrected chi connectivity index (χ4v) is 5.31. The Morgan fingerprint density at radius 2 is 2.05 bits per heavy atom. The van der Waals surface area contributed by atoms with Gasteiger partial charge in [0.1, 0.15) is 23.6 Å². The Labute approximate surface area is 242 Å². The fraction of sp³-hybridized carbons (Fsp3) is 0.419. The summed E-state index contributed by atoms with van der Waals surface area (Å²) in [4.78, 5) is 30.8. The first-order chi connectivity index (χ1) is 19.3. The van der Waals surface area contributed by atoms with E-state index in [-0.39, 0.29) is 28.2 Å². The number of likely N-dealkylation sites (N-methyl/N-ethyl adjacent to an activating group) is 1. The van der Waals surface area contributed by atoms with Crippen LogP contribution in [-0.4, -0.2) is 67.7 Å². The predicted molar refractivity (Wildman–Crippen MR) is 165 cm³/mol. The van der Waals surface area contributed by atoms with E-state index in [0.717, 1.165) is 19.3 Å². The topological polar surface area (TPSA) is 73.2 Å². The van der Waals surface area contributed by atoms with Gasteiger partial charge in [-0.1, -0.05) is 49.7 Å². The van der Waals surface area contributed by atoms with Crippen LogP contribution in [0.5, 0.6) is 0 Å². The van der Waals surface area contributed by atoms with Gasteiger partial charge in [0.2, 0.25) is 6.41 Å². The van der Waals surface area contributed by atoms with Crippen molar-refractivity contribution in [3.8, 4) is 11.3 Å². The van der Waals surface area contributed by atoms with Gasteiger partial charge in [-0.15, -0.1) is 6.58 Å². The number of nitrogens with zero attached hydrogens (tertiary/aromatic N) is 5. The number of carbonyl (C=O) groups excluding carboxylic acids is 1. The SMILES string of the molecule is C=CCCN(C(=NC)c1cc(Cl)c(-c2ccccc2F)nc1N(C=O)C1N=CC=CC1CC(C)C)C(C)CNC. The van der Waals surface area contributed by atoms with E-state index in [1.165, 1.54) is 11.0 Å². The Bertz CT molecular complexity index is 1260. The molecule has 40 heavy (non-hydrogen) atoms. The van der Waals surface area contributed by atoms with Gasteiger partial charge in [-0.3, -0.25) is 19.7 Å². The van der Waals surface area contributed by atoms with Crippen LogP contribution in [0.25, 0.3) is 11.3 Å². The zero-order valence-electron chi connectivity index (χ0n) is 24.0. The maximum atomic E-state index is 15.0. The number of dihydropyridines is 1. The number of hydrogen-bond acceptors (Lipinski definition) is 5. The number of rotatable bonds is 13. The molecule has 3 rings (SSSR count). The Morgan fingerprint density at radius 1 is 1.30 bits per heavy atom. The molecular weight excluding hydrogens is 527 g/mol. The molecule has 3 atom stereocenters. The van der Waals surface area contributed by atoms with E-state index in [4.69, 9.17) is 21.6 Å². The first-order valence-corrected chi connectivity index (χ1v) is 14.0. The number of benzene rings is 1. The smallest absolute Gasteiger partial charge is 0.217 e. The van der Waals surface area contributed by atoms with Crippen molar-refractivity contribution in [2.75, 3.05) is 32.1 Å². The average Bonchev–Trinajstić information content (AvgIpc) is 2.93. The molecule has 0 fully saturated rings. The van der Waals surface area contributed by atoms with Gasteiger partial charge < -0.3 is 10.2 Å². The molecule has 1 aromatic heterocycles. The molecule has 0 radical (unpaired) electrons. The van der Waals surface area contributed by atoms with E-state index in [9.17, 15) is 9.18 Å². The number of nitrogens with one attached hydrogen (secondary N) is 1. The molecule has 0 saturated heterocycles. The van der Waals surface area contributed by atoms with Crippen LogP contribution in [0.4, 0.5) is 10.2 Å². The normalized spacial score (nSPS) is 17.6. The maximum Gasteiger partial charge on any atom is 0.217 e. The van der Waals surface area contributed by atoms with E-state index in [2.05, 4.69) is 48.6 Å². The summed E-state index contributed by atoms with van der Waals surface area (Å²) in [5.41, 5.74) is 1.07. The van der Waals surface area contributed by atoms with Crippen molar-refractivity contribution >= 4 is 35.9 Å². The first kappa shape index (κ1) is 31.2. The Morgan fingerprint density at radius 3 is 2.67 bits per heavy atom. The number of amidine groups is 1. The van der Waals surface area contributed by atoms with Crippen molar-refractivity contribution in [2.45, 2.75) is 45.8 Å². The highest BCUT2D eigenvalue weighted by atomic mass is 35.5. The van der Waals surface area contributed by atoms with Gasteiger partial charge in [0.15, 0.2) is 0 Å². The molecule has 1 aliphatic heterocycles. The highest BCUT2D eigenvalue weighted by molar-refractivity contribution is 6.33. The van der Waals surface area contributed by atoms with Crippen molar-refractivity contribution in [3.63, 3.8) is 0 Å². The number of halogens is 2. The van der Waals surface area contributed by atoms with Gasteiger partial charge in [-0.25, -0.2) is 9.37 Å². The average molecular weight is 567 g/mol. The Kier molecular flexibility index (Phi) is 11.6. The van der Waals surface area contributed by atoms with Crippen molar-refractivity contribution in [2.24, 2.45) is 21.8 Å².